The zero-order valence-electron chi connectivity index (χ0n) is 32.5. The predicted molar refractivity (Wildman–Crippen MR) is 221 cm³/mol. The summed E-state index contributed by atoms with van der Waals surface area (Å²) in [5.74, 6) is 0.365. The van der Waals surface area contributed by atoms with Crippen molar-refractivity contribution in [2.75, 3.05) is 6.79 Å². The molecule has 0 saturated heterocycles. The molecule has 0 bridgehead atoms. The molecular formula is C46H43ClN6O5. The van der Waals surface area contributed by atoms with Gasteiger partial charge in [0.2, 0.25) is 12.6 Å². The summed E-state index contributed by atoms with van der Waals surface area (Å²) in [6.07, 6.45) is 1.08. The van der Waals surface area contributed by atoms with Crippen LogP contribution in [0.1, 0.15) is 72.2 Å². The maximum atomic E-state index is 13.3. The molecule has 0 spiro atoms. The molecule has 58 heavy (non-hydrogen) atoms. The van der Waals surface area contributed by atoms with Crippen LogP contribution in [-0.4, -0.2) is 54.8 Å². The lowest BCUT2D eigenvalue weighted by Crippen LogP contribution is -2.39. The zero-order chi connectivity index (χ0) is 40.5. The van der Waals surface area contributed by atoms with Crippen LogP contribution in [0.5, 0.6) is 0 Å². The number of imidazole rings is 1. The Morgan fingerprint density at radius 1 is 0.741 bits per heavy atom. The van der Waals surface area contributed by atoms with Crippen molar-refractivity contribution in [2.24, 2.45) is 0 Å². The van der Waals surface area contributed by atoms with Gasteiger partial charge in [-0.25, -0.2) is 14.6 Å². The number of esters is 1. The van der Waals surface area contributed by atoms with Gasteiger partial charge in [-0.05, 0) is 58.9 Å². The van der Waals surface area contributed by atoms with Gasteiger partial charge < -0.3 is 18.8 Å². The van der Waals surface area contributed by atoms with E-state index in [2.05, 4.69) is 48.3 Å². The van der Waals surface area contributed by atoms with Gasteiger partial charge in [-0.2, -0.15) is 0 Å². The van der Waals surface area contributed by atoms with E-state index in [9.17, 15) is 9.59 Å². The molecule has 0 fully saturated rings. The summed E-state index contributed by atoms with van der Waals surface area (Å²) >= 11 is 6.53. The molecule has 0 amide bonds. The Bertz CT molecular complexity index is 2360. The van der Waals surface area contributed by atoms with E-state index in [1.807, 2.05) is 103 Å². The largest absolute Gasteiger partial charge is 0.511 e. The summed E-state index contributed by atoms with van der Waals surface area (Å²) in [6, 6.07) is 46.7. The number of tetrazole rings is 1. The minimum atomic E-state index is -0.937. The highest BCUT2D eigenvalue weighted by molar-refractivity contribution is 6.32. The number of halogens is 1. The molecule has 0 atom stereocenters. The average Bonchev–Trinajstić information content (AvgIpc) is 3.86. The van der Waals surface area contributed by atoms with Crippen LogP contribution in [0.25, 0.3) is 22.5 Å². The van der Waals surface area contributed by atoms with Gasteiger partial charge in [0.15, 0.2) is 16.4 Å². The van der Waals surface area contributed by atoms with Gasteiger partial charge in [0, 0.05) is 18.5 Å². The van der Waals surface area contributed by atoms with E-state index in [0.29, 0.717) is 24.6 Å². The molecule has 0 radical (unpaired) electrons. The highest BCUT2D eigenvalue weighted by Gasteiger charge is 2.41. The molecule has 0 aliphatic heterocycles. The average molecular weight is 795 g/mol. The fourth-order valence-electron chi connectivity index (χ4n) is 7.03. The van der Waals surface area contributed by atoms with Crippen LogP contribution in [0.2, 0.25) is 5.15 Å². The smallest absolute Gasteiger partial charge is 0.431 e. The number of unbranched alkanes of at least 4 members (excludes halogenated alkanes) is 1. The monoisotopic (exact) mass is 794 g/mol. The zero-order valence-corrected chi connectivity index (χ0v) is 33.3. The van der Waals surface area contributed by atoms with E-state index in [0.717, 1.165) is 51.8 Å². The second kappa shape index (κ2) is 18.1. The third-order valence-corrected chi connectivity index (χ3v) is 9.98. The minimum Gasteiger partial charge on any atom is -0.431 e. The van der Waals surface area contributed by atoms with Gasteiger partial charge in [-0.15, -0.1) is 15.0 Å². The first-order chi connectivity index (χ1) is 28.3. The first kappa shape index (κ1) is 39.6. The number of hydrogen-bond acceptors (Lipinski definition) is 9. The standard InChI is InChI=1S/C46H43ClN6O5/c1-4-5-25-40-48-42(47)41(44(54)56-31-57-45(55)58-32(2)3)52(40)30-33-26-28-34(29-27-33)38-23-15-16-24-39(38)43-49-51-53(50-43)46(35-17-9-6-10-18-35,36-19-11-7-12-20-36)37-21-13-8-14-22-37/h6-24,26-29,32H,4-5,25,30-31H2,1-3H3. The molecule has 0 unspecified atom stereocenters. The Balaban J connectivity index is 1.20. The molecule has 11 nitrogen and oxygen atoms in total. The predicted octanol–water partition coefficient (Wildman–Crippen LogP) is 9.76. The van der Waals surface area contributed by atoms with Crippen LogP contribution < -0.4 is 0 Å². The van der Waals surface area contributed by atoms with E-state index < -0.39 is 24.5 Å². The number of rotatable bonds is 15. The van der Waals surface area contributed by atoms with E-state index in [4.69, 9.17) is 41.2 Å². The summed E-state index contributed by atoms with van der Waals surface area (Å²) in [5, 5.41) is 14.6. The number of nitrogens with zero attached hydrogens (tertiary/aromatic N) is 6. The van der Waals surface area contributed by atoms with Gasteiger partial charge in [-0.3, -0.25) is 0 Å². The van der Waals surface area contributed by atoms with Gasteiger partial charge in [0.25, 0.3) is 0 Å². The van der Waals surface area contributed by atoms with Crippen molar-refractivity contribution < 1.29 is 23.8 Å². The molecular weight excluding hydrogens is 752 g/mol. The van der Waals surface area contributed by atoms with Crippen molar-refractivity contribution in [3.63, 3.8) is 0 Å². The molecule has 294 valence electrons. The van der Waals surface area contributed by atoms with E-state index in [1.54, 1.807) is 23.2 Å². The Labute approximate surface area is 342 Å². The van der Waals surface area contributed by atoms with Crippen molar-refractivity contribution in [2.45, 2.75) is 58.2 Å². The number of aryl methyl sites for hydroxylation is 1. The maximum absolute atomic E-state index is 13.3. The lowest BCUT2D eigenvalue weighted by molar-refractivity contribution is -0.0349. The first-order valence-corrected chi connectivity index (χ1v) is 19.6. The lowest BCUT2D eigenvalue weighted by Gasteiger charge is -2.34. The molecule has 0 saturated carbocycles. The van der Waals surface area contributed by atoms with Crippen molar-refractivity contribution in [3.05, 3.63) is 178 Å². The van der Waals surface area contributed by atoms with Crippen LogP contribution in [0.4, 0.5) is 4.79 Å². The van der Waals surface area contributed by atoms with Gasteiger partial charge >= 0.3 is 12.1 Å². The quantitative estimate of drug-likeness (QED) is 0.0567. The number of aromatic nitrogens is 6. The minimum absolute atomic E-state index is 0.0164. The van der Waals surface area contributed by atoms with Crippen molar-refractivity contribution in [3.8, 4) is 22.5 Å². The van der Waals surface area contributed by atoms with Crippen molar-refractivity contribution in [1.82, 2.24) is 29.8 Å². The molecule has 0 aliphatic carbocycles. The highest BCUT2D eigenvalue weighted by Crippen LogP contribution is 2.40. The fraction of sp³-hybridized carbons (Fsp3) is 0.217. The Hall–Kier alpha value is -6.59. The Morgan fingerprint density at radius 2 is 1.31 bits per heavy atom. The number of ether oxygens (including phenoxy) is 3. The highest BCUT2D eigenvalue weighted by atomic mass is 35.5. The second-order valence-corrected chi connectivity index (χ2v) is 14.3. The van der Waals surface area contributed by atoms with Crippen LogP contribution >= 0.6 is 11.6 Å². The topological polar surface area (TPSA) is 123 Å². The van der Waals surface area contributed by atoms with E-state index in [1.165, 1.54) is 0 Å². The maximum Gasteiger partial charge on any atom is 0.511 e. The summed E-state index contributed by atoms with van der Waals surface area (Å²) in [4.78, 5) is 31.3. The van der Waals surface area contributed by atoms with Gasteiger partial charge in [-0.1, -0.05) is 164 Å². The van der Waals surface area contributed by atoms with Crippen molar-refractivity contribution >= 4 is 23.7 Å². The number of benzene rings is 5. The third kappa shape index (κ3) is 8.40. The molecule has 0 N–H and O–H groups in total. The molecule has 5 aromatic carbocycles. The Kier molecular flexibility index (Phi) is 12.4. The molecule has 2 heterocycles. The fourth-order valence-corrected chi connectivity index (χ4v) is 7.31. The number of carbonyl (C=O) groups is 2. The first-order valence-electron chi connectivity index (χ1n) is 19.2. The normalized spacial score (nSPS) is 11.4. The summed E-state index contributed by atoms with van der Waals surface area (Å²) in [5.41, 5.74) is 5.74. The van der Waals surface area contributed by atoms with Crippen LogP contribution in [0.3, 0.4) is 0 Å². The SMILES string of the molecule is CCCCc1nc(Cl)c(C(=O)OCOC(=O)OC(C)C)n1Cc1ccc(-c2ccccc2-c2nnn(C(c3ccccc3)(c3ccccc3)c3ccccc3)n2)cc1. The molecule has 0 aliphatic rings. The summed E-state index contributed by atoms with van der Waals surface area (Å²) in [6.45, 7) is 5.13. The molecule has 7 rings (SSSR count). The van der Waals surface area contributed by atoms with Gasteiger partial charge in [0.05, 0.1) is 6.10 Å². The van der Waals surface area contributed by atoms with Crippen LogP contribution in [-0.2, 0) is 32.7 Å². The molecule has 2 aromatic heterocycles. The Morgan fingerprint density at radius 3 is 1.88 bits per heavy atom. The molecule has 12 heteroatoms. The van der Waals surface area contributed by atoms with Crippen LogP contribution in [0, 0.1) is 0 Å². The van der Waals surface area contributed by atoms with E-state index in [-0.39, 0.29) is 17.0 Å². The summed E-state index contributed by atoms with van der Waals surface area (Å²) in [7, 11) is 0. The second-order valence-electron chi connectivity index (χ2n) is 13.9. The summed E-state index contributed by atoms with van der Waals surface area (Å²) < 4.78 is 16.9. The van der Waals surface area contributed by atoms with Crippen LogP contribution in [0.15, 0.2) is 140 Å². The van der Waals surface area contributed by atoms with Gasteiger partial charge in [0.1, 0.15) is 5.82 Å². The van der Waals surface area contributed by atoms with Crippen molar-refractivity contribution in [1.29, 1.82) is 0 Å². The number of carbonyl (C=O) groups excluding carboxylic acids is 2. The third-order valence-electron chi connectivity index (χ3n) is 9.71. The lowest BCUT2D eigenvalue weighted by atomic mass is 9.77. The molecule has 7 aromatic rings. The number of hydrogen-bond donors (Lipinski definition) is 0. The van der Waals surface area contributed by atoms with E-state index >= 15 is 0 Å².